The van der Waals surface area contributed by atoms with Gasteiger partial charge in [-0.25, -0.2) is 24.5 Å². The van der Waals surface area contributed by atoms with Gasteiger partial charge in [-0.2, -0.15) is 9.97 Å². The molecule has 26 heavy (non-hydrogen) atoms. The highest BCUT2D eigenvalue weighted by Gasteiger charge is 2.33. The van der Waals surface area contributed by atoms with Gasteiger partial charge in [0.15, 0.2) is 0 Å². The third-order valence-electron chi connectivity index (χ3n) is 2.87. The third-order valence-corrected chi connectivity index (χ3v) is 6.01. The van der Waals surface area contributed by atoms with Gasteiger partial charge in [-0.3, -0.25) is 0 Å². The minimum absolute atomic E-state index is 0.130. The summed E-state index contributed by atoms with van der Waals surface area (Å²) in [6, 6.07) is 4.62. The fourth-order valence-electron chi connectivity index (χ4n) is 1.86. The SMILES string of the molecule is Cc1nccc(OP(=O)(Oc2ccnc(C)n2)Sc2ccnc(C)n2)n1. The van der Waals surface area contributed by atoms with Gasteiger partial charge >= 0.3 is 6.80 Å². The van der Waals surface area contributed by atoms with Crippen LogP contribution >= 0.6 is 18.2 Å². The molecule has 0 unspecified atom stereocenters. The Kier molecular flexibility index (Phi) is 5.43. The highest BCUT2D eigenvalue weighted by atomic mass is 32.7. The summed E-state index contributed by atoms with van der Waals surface area (Å²) in [5.41, 5.74) is 0. The first-order chi connectivity index (χ1) is 12.4. The fraction of sp³-hybridized carbons (Fsp3) is 0.200. The van der Waals surface area contributed by atoms with E-state index in [1.54, 1.807) is 33.0 Å². The summed E-state index contributed by atoms with van der Waals surface area (Å²) in [6.45, 7) is 1.34. The van der Waals surface area contributed by atoms with Crippen LogP contribution in [0.5, 0.6) is 11.8 Å². The number of aryl methyl sites for hydroxylation is 3. The van der Waals surface area contributed by atoms with E-state index in [-0.39, 0.29) is 11.8 Å². The molecule has 0 saturated heterocycles. The quantitative estimate of drug-likeness (QED) is 0.458. The van der Waals surface area contributed by atoms with Gasteiger partial charge in [0.1, 0.15) is 22.5 Å². The smallest absolute Gasteiger partial charge is 0.390 e. The van der Waals surface area contributed by atoms with Crippen molar-refractivity contribution in [3.05, 3.63) is 54.3 Å². The van der Waals surface area contributed by atoms with Gasteiger partial charge in [0.2, 0.25) is 11.8 Å². The number of hydrogen-bond donors (Lipinski definition) is 0. The molecule has 9 nitrogen and oxygen atoms in total. The summed E-state index contributed by atoms with van der Waals surface area (Å²) in [6.07, 6.45) is 4.59. The summed E-state index contributed by atoms with van der Waals surface area (Å²) in [4.78, 5) is 24.5. The van der Waals surface area contributed by atoms with Crippen molar-refractivity contribution in [2.75, 3.05) is 0 Å². The first kappa shape index (κ1) is 18.2. The molecule has 0 aliphatic carbocycles. The minimum atomic E-state index is -3.80. The Labute approximate surface area is 154 Å². The maximum Gasteiger partial charge on any atom is 0.501 e. The Morgan fingerprint density at radius 3 is 1.69 bits per heavy atom. The molecule has 0 atom stereocenters. The van der Waals surface area contributed by atoms with E-state index >= 15 is 0 Å². The monoisotopic (exact) mass is 390 g/mol. The van der Waals surface area contributed by atoms with Gasteiger partial charge in [0.25, 0.3) is 0 Å². The summed E-state index contributed by atoms with van der Waals surface area (Å²) in [5.74, 6) is 1.76. The Morgan fingerprint density at radius 2 is 1.23 bits per heavy atom. The van der Waals surface area contributed by atoms with E-state index in [0.29, 0.717) is 22.5 Å². The molecule has 0 aromatic carbocycles. The molecule has 0 bridgehead atoms. The van der Waals surface area contributed by atoms with Crippen LogP contribution in [0.3, 0.4) is 0 Å². The van der Waals surface area contributed by atoms with Crippen molar-refractivity contribution in [3.8, 4) is 11.8 Å². The van der Waals surface area contributed by atoms with Crippen LogP contribution in [-0.4, -0.2) is 29.9 Å². The molecule has 3 heterocycles. The van der Waals surface area contributed by atoms with E-state index in [1.165, 1.54) is 24.5 Å². The number of hydrogen-bond acceptors (Lipinski definition) is 10. The van der Waals surface area contributed by atoms with Crippen LogP contribution in [0.15, 0.2) is 41.8 Å². The molecule has 0 N–H and O–H groups in total. The molecular formula is C15H15N6O3PS. The maximum atomic E-state index is 13.4. The van der Waals surface area contributed by atoms with E-state index in [1.807, 2.05) is 0 Å². The van der Waals surface area contributed by atoms with Gasteiger partial charge in [-0.1, -0.05) is 0 Å². The van der Waals surface area contributed by atoms with Gasteiger partial charge < -0.3 is 9.05 Å². The van der Waals surface area contributed by atoms with Gasteiger partial charge in [-0.05, 0) is 26.8 Å². The standard InChI is InChI=1S/C15H15N6O3PS/c1-10-16-7-4-13(19-10)23-25(22,24-14-5-8-17-11(2)20-14)26-15-6-9-18-12(3)21-15/h4-9H,1-3H3. The molecule has 3 rings (SSSR count). The molecular weight excluding hydrogens is 375 g/mol. The Hall–Kier alpha value is -2.58. The predicted octanol–water partition coefficient (Wildman–Crippen LogP) is 3.34. The van der Waals surface area contributed by atoms with E-state index in [4.69, 9.17) is 9.05 Å². The van der Waals surface area contributed by atoms with Crippen LogP contribution in [0.2, 0.25) is 0 Å². The summed E-state index contributed by atoms with van der Waals surface area (Å²) < 4.78 is 24.6. The lowest BCUT2D eigenvalue weighted by Crippen LogP contribution is -2.03. The first-order valence-corrected chi connectivity index (χ1v) is 10.5. The Morgan fingerprint density at radius 1 is 0.769 bits per heavy atom. The molecule has 3 aromatic rings. The molecule has 0 amide bonds. The molecule has 0 spiro atoms. The van der Waals surface area contributed by atoms with Crippen molar-refractivity contribution < 1.29 is 13.6 Å². The topological polar surface area (TPSA) is 113 Å². The largest absolute Gasteiger partial charge is 0.501 e. The molecule has 0 aliphatic heterocycles. The molecule has 0 aliphatic rings. The van der Waals surface area contributed by atoms with E-state index < -0.39 is 6.80 Å². The highest BCUT2D eigenvalue weighted by molar-refractivity contribution is 8.55. The number of nitrogens with zero attached hydrogens (tertiary/aromatic N) is 6. The average molecular weight is 390 g/mol. The van der Waals surface area contributed by atoms with Crippen molar-refractivity contribution in [1.82, 2.24) is 29.9 Å². The van der Waals surface area contributed by atoms with Crippen LogP contribution in [0, 0.1) is 20.8 Å². The van der Waals surface area contributed by atoms with Crippen molar-refractivity contribution in [3.63, 3.8) is 0 Å². The van der Waals surface area contributed by atoms with Crippen molar-refractivity contribution in [2.24, 2.45) is 0 Å². The lowest BCUT2D eigenvalue weighted by Gasteiger charge is -2.17. The molecule has 134 valence electrons. The van der Waals surface area contributed by atoms with Crippen LogP contribution < -0.4 is 9.05 Å². The van der Waals surface area contributed by atoms with Crippen LogP contribution in [0.4, 0.5) is 0 Å². The van der Waals surface area contributed by atoms with Gasteiger partial charge in [-0.15, -0.1) is 0 Å². The second-order valence-electron chi connectivity index (χ2n) is 5.05. The van der Waals surface area contributed by atoms with Crippen molar-refractivity contribution in [1.29, 1.82) is 0 Å². The van der Waals surface area contributed by atoms with E-state index in [0.717, 1.165) is 11.4 Å². The minimum Gasteiger partial charge on any atom is -0.390 e. The van der Waals surface area contributed by atoms with Crippen molar-refractivity contribution in [2.45, 2.75) is 25.8 Å². The number of aromatic nitrogens is 6. The third kappa shape index (κ3) is 4.96. The van der Waals surface area contributed by atoms with Crippen LogP contribution in [0.25, 0.3) is 0 Å². The van der Waals surface area contributed by atoms with E-state index in [9.17, 15) is 4.57 Å². The van der Waals surface area contributed by atoms with Gasteiger partial charge in [0, 0.05) is 42.1 Å². The first-order valence-electron chi connectivity index (χ1n) is 7.50. The molecule has 0 saturated carbocycles. The molecule has 3 aromatic heterocycles. The predicted molar refractivity (Wildman–Crippen MR) is 95.0 cm³/mol. The zero-order chi connectivity index (χ0) is 18.6. The number of rotatable bonds is 6. The lowest BCUT2D eigenvalue weighted by atomic mass is 10.6. The molecule has 11 heteroatoms. The van der Waals surface area contributed by atoms with Crippen molar-refractivity contribution >= 4 is 18.2 Å². The average Bonchev–Trinajstić information content (AvgIpc) is 2.54. The zero-order valence-corrected chi connectivity index (χ0v) is 15.9. The maximum absolute atomic E-state index is 13.4. The fourth-order valence-corrected chi connectivity index (χ4v) is 4.83. The normalized spacial score (nSPS) is 11.2. The van der Waals surface area contributed by atoms with Crippen LogP contribution in [0.1, 0.15) is 17.5 Å². The van der Waals surface area contributed by atoms with Crippen LogP contribution in [-0.2, 0) is 4.57 Å². The second-order valence-corrected chi connectivity index (χ2v) is 8.80. The zero-order valence-electron chi connectivity index (χ0n) is 14.2. The highest BCUT2D eigenvalue weighted by Crippen LogP contribution is 2.61. The summed E-state index contributed by atoms with van der Waals surface area (Å²) in [7, 11) is 0. The van der Waals surface area contributed by atoms with E-state index in [2.05, 4.69) is 29.9 Å². The Bertz CT molecular complexity index is 851. The van der Waals surface area contributed by atoms with Gasteiger partial charge in [0.05, 0.1) is 0 Å². The second kappa shape index (κ2) is 7.76. The summed E-state index contributed by atoms with van der Waals surface area (Å²) >= 11 is 0.846. The lowest BCUT2D eigenvalue weighted by molar-refractivity contribution is 0.394. The summed E-state index contributed by atoms with van der Waals surface area (Å²) in [5, 5.41) is 0.442. The molecule has 0 fully saturated rings. The Balaban J connectivity index is 1.92. The molecule has 0 radical (unpaired) electrons.